The van der Waals surface area contributed by atoms with E-state index in [1.807, 2.05) is 19.3 Å². The second-order valence-corrected chi connectivity index (χ2v) is 3.57. The fourth-order valence-electron chi connectivity index (χ4n) is 1.87. The van der Waals surface area contributed by atoms with Crippen molar-refractivity contribution in [1.82, 2.24) is 19.7 Å². The zero-order chi connectivity index (χ0) is 9.54. The van der Waals surface area contributed by atoms with Crippen LogP contribution in [-0.4, -0.2) is 19.7 Å². The summed E-state index contributed by atoms with van der Waals surface area (Å²) < 4.78 is 2.16. The first-order valence-corrected chi connectivity index (χ1v) is 4.65. The number of pyridine rings is 1. The van der Waals surface area contributed by atoms with E-state index in [9.17, 15) is 0 Å². The van der Waals surface area contributed by atoms with Crippen LogP contribution in [0.2, 0.25) is 0 Å². The van der Waals surface area contributed by atoms with Crippen molar-refractivity contribution in [3.8, 4) is 0 Å². The second-order valence-electron chi connectivity index (χ2n) is 3.57. The van der Waals surface area contributed by atoms with Gasteiger partial charge in [-0.05, 0) is 24.1 Å². The van der Waals surface area contributed by atoms with Crippen LogP contribution in [0.1, 0.15) is 22.8 Å². The van der Waals surface area contributed by atoms with E-state index < -0.39 is 0 Å². The molecular formula is C10H10N4. The molecular weight excluding hydrogens is 176 g/mol. The number of nitrogens with zero attached hydrogens (tertiary/aromatic N) is 4. The van der Waals surface area contributed by atoms with Gasteiger partial charge in [0.25, 0.3) is 0 Å². The Hall–Kier alpha value is -1.71. The first-order chi connectivity index (χ1) is 6.84. The van der Waals surface area contributed by atoms with Crippen molar-refractivity contribution in [3.05, 3.63) is 41.2 Å². The summed E-state index contributed by atoms with van der Waals surface area (Å²) in [5.74, 6) is 2.03. The van der Waals surface area contributed by atoms with Gasteiger partial charge in [0.1, 0.15) is 11.6 Å². The SMILES string of the molecule is Cc1nnc2n1Cc1ccncc1C2. The molecule has 14 heavy (non-hydrogen) atoms. The van der Waals surface area contributed by atoms with Gasteiger partial charge in [0.2, 0.25) is 0 Å². The molecule has 0 atom stereocenters. The van der Waals surface area contributed by atoms with E-state index >= 15 is 0 Å². The molecule has 0 saturated heterocycles. The Labute approximate surface area is 81.6 Å². The lowest BCUT2D eigenvalue weighted by Gasteiger charge is -2.17. The van der Waals surface area contributed by atoms with Crippen molar-refractivity contribution >= 4 is 0 Å². The first-order valence-electron chi connectivity index (χ1n) is 4.65. The third-order valence-corrected chi connectivity index (χ3v) is 2.69. The third-order valence-electron chi connectivity index (χ3n) is 2.69. The summed E-state index contributed by atoms with van der Waals surface area (Å²) in [6.07, 6.45) is 4.61. The maximum Gasteiger partial charge on any atom is 0.137 e. The molecule has 4 nitrogen and oxygen atoms in total. The Balaban J connectivity index is 2.14. The number of hydrogen-bond acceptors (Lipinski definition) is 3. The minimum Gasteiger partial charge on any atom is -0.310 e. The Kier molecular flexibility index (Phi) is 1.45. The lowest BCUT2D eigenvalue weighted by molar-refractivity contribution is 0.680. The molecule has 0 amide bonds. The van der Waals surface area contributed by atoms with Gasteiger partial charge in [-0.2, -0.15) is 0 Å². The highest BCUT2D eigenvalue weighted by Crippen LogP contribution is 2.20. The quantitative estimate of drug-likeness (QED) is 0.524. The van der Waals surface area contributed by atoms with E-state index in [0.29, 0.717) is 0 Å². The molecule has 0 radical (unpaired) electrons. The summed E-state index contributed by atoms with van der Waals surface area (Å²) >= 11 is 0. The van der Waals surface area contributed by atoms with Crippen LogP contribution in [0, 0.1) is 6.92 Å². The van der Waals surface area contributed by atoms with Crippen LogP contribution in [0.25, 0.3) is 0 Å². The monoisotopic (exact) mass is 186 g/mol. The Morgan fingerprint density at radius 2 is 2.21 bits per heavy atom. The highest BCUT2D eigenvalue weighted by atomic mass is 15.3. The first kappa shape index (κ1) is 7.67. The number of hydrogen-bond donors (Lipinski definition) is 0. The number of fused-ring (bicyclic) bond motifs is 2. The summed E-state index contributed by atoms with van der Waals surface area (Å²) in [4.78, 5) is 4.12. The minimum absolute atomic E-state index is 0.851. The molecule has 0 aliphatic carbocycles. The van der Waals surface area contributed by atoms with Crippen LogP contribution in [0.4, 0.5) is 0 Å². The summed E-state index contributed by atoms with van der Waals surface area (Å²) in [6.45, 7) is 2.87. The Morgan fingerprint density at radius 1 is 1.29 bits per heavy atom. The Morgan fingerprint density at radius 3 is 3.14 bits per heavy atom. The number of rotatable bonds is 0. The van der Waals surface area contributed by atoms with Crippen molar-refractivity contribution in [3.63, 3.8) is 0 Å². The lowest BCUT2D eigenvalue weighted by Crippen LogP contribution is -2.15. The zero-order valence-corrected chi connectivity index (χ0v) is 7.94. The molecule has 3 rings (SSSR count). The summed E-state index contributed by atoms with van der Waals surface area (Å²) in [7, 11) is 0. The van der Waals surface area contributed by atoms with E-state index in [-0.39, 0.29) is 0 Å². The average molecular weight is 186 g/mol. The highest BCUT2D eigenvalue weighted by molar-refractivity contribution is 5.30. The molecule has 2 aromatic heterocycles. The molecule has 2 aromatic rings. The van der Waals surface area contributed by atoms with Gasteiger partial charge in [-0.15, -0.1) is 10.2 Å². The molecule has 0 unspecified atom stereocenters. The Bertz CT molecular complexity index is 487. The molecule has 1 aliphatic heterocycles. The molecule has 4 heteroatoms. The summed E-state index contributed by atoms with van der Waals surface area (Å²) in [5, 5.41) is 8.21. The van der Waals surface area contributed by atoms with Gasteiger partial charge >= 0.3 is 0 Å². The lowest BCUT2D eigenvalue weighted by atomic mass is 10.0. The summed E-state index contributed by atoms with van der Waals surface area (Å²) in [5.41, 5.74) is 2.60. The molecule has 0 aromatic carbocycles. The van der Waals surface area contributed by atoms with Gasteiger partial charge in [-0.3, -0.25) is 4.98 Å². The molecule has 70 valence electrons. The van der Waals surface area contributed by atoms with Gasteiger partial charge in [0.15, 0.2) is 0 Å². The fraction of sp³-hybridized carbons (Fsp3) is 0.300. The van der Waals surface area contributed by atoms with E-state index in [4.69, 9.17) is 0 Å². The second kappa shape index (κ2) is 2.64. The molecule has 0 spiro atoms. The highest BCUT2D eigenvalue weighted by Gasteiger charge is 2.17. The normalized spacial score (nSPS) is 13.5. The third kappa shape index (κ3) is 0.968. The molecule has 0 N–H and O–H groups in total. The maximum absolute atomic E-state index is 4.14. The van der Waals surface area contributed by atoms with E-state index in [2.05, 4.69) is 25.8 Å². The van der Waals surface area contributed by atoms with Crippen molar-refractivity contribution in [2.24, 2.45) is 0 Å². The van der Waals surface area contributed by atoms with Gasteiger partial charge in [-0.25, -0.2) is 0 Å². The minimum atomic E-state index is 0.851. The molecule has 3 heterocycles. The summed E-state index contributed by atoms with van der Waals surface area (Å²) in [6, 6.07) is 2.07. The van der Waals surface area contributed by atoms with Crippen LogP contribution < -0.4 is 0 Å². The zero-order valence-electron chi connectivity index (χ0n) is 7.94. The molecule has 0 bridgehead atoms. The smallest absolute Gasteiger partial charge is 0.137 e. The van der Waals surface area contributed by atoms with E-state index in [1.54, 1.807) is 0 Å². The van der Waals surface area contributed by atoms with Crippen molar-refractivity contribution < 1.29 is 0 Å². The fourth-order valence-corrected chi connectivity index (χ4v) is 1.87. The van der Waals surface area contributed by atoms with Gasteiger partial charge in [-0.1, -0.05) is 0 Å². The van der Waals surface area contributed by atoms with Crippen molar-refractivity contribution in [2.75, 3.05) is 0 Å². The van der Waals surface area contributed by atoms with Crippen LogP contribution in [-0.2, 0) is 13.0 Å². The van der Waals surface area contributed by atoms with E-state index in [0.717, 1.165) is 24.6 Å². The number of aryl methyl sites for hydroxylation is 1. The largest absolute Gasteiger partial charge is 0.310 e. The van der Waals surface area contributed by atoms with Crippen molar-refractivity contribution in [2.45, 2.75) is 19.9 Å². The van der Waals surface area contributed by atoms with Crippen LogP contribution >= 0.6 is 0 Å². The average Bonchev–Trinajstić information content (AvgIpc) is 2.57. The van der Waals surface area contributed by atoms with Crippen LogP contribution in [0.5, 0.6) is 0 Å². The number of aromatic nitrogens is 4. The molecule has 0 fully saturated rings. The predicted octanol–water partition coefficient (Wildman–Crippen LogP) is 0.934. The molecule has 1 aliphatic rings. The maximum atomic E-state index is 4.14. The van der Waals surface area contributed by atoms with Gasteiger partial charge < -0.3 is 4.57 Å². The van der Waals surface area contributed by atoms with Crippen LogP contribution in [0.15, 0.2) is 18.5 Å². The van der Waals surface area contributed by atoms with Gasteiger partial charge in [0.05, 0.1) is 6.54 Å². The molecule has 0 saturated carbocycles. The standard InChI is InChI=1S/C10H10N4/c1-7-12-13-10-4-9-5-11-3-2-8(9)6-14(7)10/h2-3,5H,4,6H2,1H3. The van der Waals surface area contributed by atoms with Crippen LogP contribution in [0.3, 0.4) is 0 Å². The predicted molar refractivity (Wildman–Crippen MR) is 50.9 cm³/mol. The van der Waals surface area contributed by atoms with Crippen molar-refractivity contribution in [1.29, 1.82) is 0 Å². The van der Waals surface area contributed by atoms with E-state index in [1.165, 1.54) is 11.1 Å². The van der Waals surface area contributed by atoms with Gasteiger partial charge in [0, 0.05) is 18.8 Å². The topological polar surface area (TPSA) is 43.6 Å².